The van der Waals surface area contributed by atoms with E-state index in [1.54, 1.807) is 48.5 Å². The van der Waals surface area contributed by atoms with Gasteiger partial charge in [-0.05, 0) is 47.7 Å². The molecule has 122 valence electrons. The molecule has 1 saturated heterocycles. The summed E-state index contributed by atoms with van der Waals surface area (Å²) < 4.78 is 0. The molecule has 1 aliphatic rings. The fourth-order valence-electron chi connectivity index (χ4n) is 2.15. The molecule has 3 rings (SSSR count). The molecular weight excluding hydrogens is 338 g/mol. The standard InChI is InChI=1S/C18H11N3O3S/c19-10-12-7-5-11(6-8-12)9-15-16(22)21-18(25-15)20-14-4-2-1-3-13(14)17(23)24/h1-9H,(H,23,24)(H,20,21,22)/b15-9-. The maximum Gasteiger partial charge on any atom is 0.337 e. The number of amides is 1. The molecule has 2 aromatic rings. The highest BCUT2D eigenvalue weighted by molar-refractivity contribution is 8.18. The van der Waals surface area contributed by atoms with Crippen molar-refractivity contribution in [2.24, 2.45) is 4.99 Å². The number of aliphatic imine (C=N–C) groups is 1. The zero-order valence-electron chi connectivity index (χ0n) is 12.8. The first kappa shape index (κ1) is 16.5. The van der Waals surface area contributed by atoms with Gasteiger partial charge in [-0.2, -0.15) is 5.26 Å². The van der Waals surface area contributed by atoms with Gasteiger partial charge in [-0.3, -0.25) is 4.79 Å². The van der Waals surface area contributed by atoms with Crippen molar-refractivity contribution in [1.82, 2.24) is 5.32 Å². The van der Waals surface area contributed by atoms with Gasteiger partial charge in [0.05, 0.1) is 27.8 Å². The third-order valence-electron chi connectivity index (χ3n) is 3.34. The number of carboxylic acid groups (broad SMARTS) is 1. The number of hydrogen-bond donors (Lipinski definition) is 2. The predicted octanol–water partition coefficient (Wildman–Crippen LogP) is 3.15. The van der Waals surface area contributed by atoms with Crippen LogP contribution in [0.15, 0.2) is 58.4 Å². The average Bonchev–Trinajstić information content (AvgIpc) is 2.95. The number of aromatic carboxylic acids is 1. The number of amidine groups is 1. The highest BCUT2D eigenvalue weighted by Gasteiger charge is 2.24. The topological polar surface area (TPSA) is 103 Å². The van der Waals surface area contributed by atoms with Crippen molar-refractivity contribution in [3.8, 4) is 6.07 Å². The molecule has 1 heterocycles. The summed E-state index contributed by atoms with van der Waals surface area (Å²) in [5.74, 6) is -1.39. The van der Waals surface area contributed by atoms with E-state index in [1.165, 1.54) is 6.07 Å². The first-order chi connectivity index (χ1) is 12.1. The summed E-state index contributed by atoms with van der Waals surface area (Å²) >= 11 is 1.13. The largest absolute Gasteiger partial charge is 0.478 e. The molecule has 0 saturated carbocycles. The lowest BCUT2D eigenvalue weighted by Crippen LogP contribution is -2.19. The molecule has 7 heteroatoms. The molecule has 0 unspecified atom stereocenters. The second-order valence-electron chi connectivity index (χ2n) is 5.04. The smallest absolute Gasteiger partial charge is 0.337 e. The molecular formula is C18H11N3O3S. The van der Waals surface area contributed by atoms with E-state index in [1.807, 2.05) is 6.07 Å². The van der Waals surface area contributed by atoms with Gasteiger partial charge in [0.15, 0.2) is 5.17 Å². The molecule has 0 bridgehead atoms. The Bertz CT molecular complexity index is 956. The Balaban J connectivity index is 1.86. The lowest BCUT2D eigenvalue weighted by atomic mass is 10.1. The number of benzene rings is 2. The molecule has 1 aliphatic heterocycles. The number of thioether (sulfide) groups is 1. The number of hydrogen-bond acceptors (Lipinski definition) is 5. The van der Waals surface area contributed by atoms with Gasteiger partial charge in [-0.15, -0.1) is 0 Å². The van der Waals surface area contributed by atoms with Crippen LogP contribution in [0.25, 0.3) is 6.08 Å². The number of carbonyl (C=O) groups excluding carboxylic acids is 1. The van der Waals surface area contributed by atoms with Crippen LogP contribution in [-0.4, -0.2) is 22.2 Å². The van der Waals surface area contributed by atoms with E-state index in [-0.39, 0.29) is 17.2 Å². The van der Waals surface area contributed by atoms with Crippen molar-refractivity contribution in [2.75, 3.05) is 0 Å². The molecule has 0 aromatic heterocycles. The minimum absolute atomic E-state index is 0.0642. The monoisotopic (exact) mass is 349 g/mol. The summed E-state index contributed by atoms with van der Waals surface area (Å²) in [5.41, 5.74) is 1.66. The summed E-state index contributed by atoms with van der Waals surface area (Å²) in [6.45, 7) is 0. The highest BCUT2D eigenvalue weighted by Crippen LogP contribution is 2.29. The lowest BCUT2D eigenvalue weighted by molar-refractivity contribution is -0.115. The van der Waals surface area contributed by atoms with E-state index in [9.17, 15) is 14.7 Å². The highest BCUT2D eigenvalue weighted by atomic mass is 32.2. The fraction of sp³-hybridized carbons (Fsp3) is 0. The van der Waals surface area contributed by atoms with E-state index in [0.29, 0.717) is 15.6 Å². The Labute approximate surface area is 147 Å². The molecule has 25 heavy (non-hydrogen) atoms. The van der Waals surface area contributed by atoms with E-state index in [4.69, 9.17) is 5.26 Å². The Morgan fingerprint density at radius 1 is 1.20 bits per heavy atom. The molecule has 6 nitrogen and oxygen atoms in total. The van der Waals surface area contributed by atoms with Crippen LogP contribution in [0.5, 0.6) is 0 Å². The van der Waals surface area contributed by atoms with Gasteiger partial charge < -0.3 is 10.4 Å². The lowest BCUT2D eigenvalue weighted by Gasteiger charge is -2.00. The summed E-state index contributed by atoms with van der Waals surface area (Å²) in [7, 11) is 0. The minimum Gasteiger partial charge on any atom is -0.478 e. The average molecular weight is 349 g/mol. The van der Waals surface area contributed by atoms with E-state index >= 15 is 0 Å². The second kappa shape index (κ2) is 7.03. The normalized spacial score (nSPS) is 16.7. The molecule has 0 radical (unpaired) electrons. The van der Waals surface area contributed by atoms with Crippen molar-refractivity contribution in [3.05, 3.63) is 70.1 Å². The van der Waals surface area contributed by atoms with Gasteiger partial charge in [0.25, 0.3) is 5.91 Å². The van der Waals surface area contributed by atoms with Crippen molar-refractivity contribution in [1.29, 1.82) is 5.26 Å². The number of carbonyl (C=O) groups is 2. The Morgan fingerprint density at radius 2 is 1.92 bits per heavy atom. The third-order valence-corrected chi connectivity index (χ3v) is 4.25. The SMILES string of the molecule is N#Cc1ccc(/C=C2\SC(=Nc3ccccc3C(=O)O)NC2=O)cc1. The molecule has 1 fully saturated rings. The van der Waals surface area contributed by atoms with E-state index in [0.717, 1.165) is 17.3 Å². The van der Waals surface area contributed by atoms with Crippen LogP contribution in [0.1, 0.15) is 21.5 Å². The molecule has 2 N–H and O–H groups in total. The summed E-state index contributed by atoms with van der Waals surface area (Å²) in [4.78, 5) is 28.0. The van der Waals surface area contributed by atoms with E-state index < -0.39 is 5.97 Å². The quantitative estimate of drug-likeness (QED) is 0.829. The Hall–Kier alpha value is -3.37. The fourth-order valence-corrected chi connectivity index (χ4v) is 2.98. The Kier molecular flexibility index (Phi) is 4.64. The van der Waals surface area contributed by atoms with Gasteiger partial charge in [-0.25, -0.2) is 9.79 Å². The number of rotatable bonds is 3. The van der Waals surface area contributed by atoms with Crippen molar-refractivity contribution < 1.29 is 14.7 Å². The van der Waals surface area contributed by atoms with Crippen LogP contribution >= 0.6 is 11.8 Å². The molecule has 2 aromatic carbocycles. The predicted molar refractivity (Wildman–Crippen MR) is 95.4 cm³/mol. The van der Waals surface area contributed by atoms with Crippen molar-refractivity contribution in [2.45, 2.75) is 0 Å². The Morgan fingerprint density at radius 3 is 2.60 bits per heavy atom. The molecule has 1 amide bonds. The van der Waals surface area contributed by atoms with Gasteiger partial charge in [-0.1, -0.05) is 24.3 Å². The van der Waals surface area contributed by atoms with Gasteiger partial charge in [0, 0.05) is 0 Å². The maximum atomic E-state index is 12.1. The second-order valence-corrected chi connectivity index (χ2v) is 6.07. The zero-order valence-corrected chi connectivity index (χ0v) is 13.6. The van der Waals surface area contributed by atoms with Gasteiger partial charge in [0.1, 0.15) is 0 Å². The molecule has 0 aliphatic carbocycles. The number of nitrogens with zero attached hydrogens (tertiary/aromatic N) is 2. The number of nitriles is 1. The first-order valence-electron chi connectivity index (χ1n) is 7.19. The molecule has 0 spiro atoms. The molecule has 0 atom stereocenters. The van der Waals surface area contributed by atoms with Crippen molar-refractivity contribution in [3.63, 3.8) is 0 Å². The van der Waals surface area contributed by atoms with Crippen LogP contribution in [0.2, 0.25) is 0 Å². The van der Waals surface area contributed by atoms with Crippen LogP contribution in [0.4, 0.5) is 5.69 Å². The van der Waals surface area contributed by atoms with Gasteiger partial charge in [0.2, 0.25) is 0 Å². The van der Waals surface area contributed by atoms with Crippen LogP contribution in [-0.2, 0) is 4.79 Å². The van der Waals surface area contributed by atoms with Crippen LogP contribution in [0.3, 0.4) is 0 Å². The number of nitrogens with one attached hydrogen (secondary N) is 1. The summed E-state index contributed by atoms with van der Waals surface area (Å²) in [6.07, 6.45) is 1.69. The third kappa shape index (κ3) is 3.76. The summed E-state index contributed by atoms with van der Waals surface area (Å²) in [5, 5.41) is 20.9. The first-order valence-corrected chi connectivity index (χ1v) is 8.00. The van der Waals surface area contributed by atoms with Crippen LogP contribution in [0, 0.1) is 11.3 Å². The zero-order chi connectivity index (χ0) is 17.8. The van der Waals surface area contributed by atoms with Crippen molar-refractivity contribution >= 4 is 40.6 Å². The van der Waals surface area contributed by atoms with E-state index in [2.05, 4.69) is 10.3 Å². The maximum absolute atomic E-state index is 12.1. The number of para-hydroxylation sites is 1. The van der Waals surface area contributed by atoms with Crippen LogP contribution < -0.4 is 5.32 Å². The summed E-state index contributed by atoms with van der Waals surface area (Å²) in [6, 6.07) is 15.2. The minimum atomic E-state index is -1.08. The number of carboxylic acids is 1. The van der Waals surface area contributed by atoms with Gasteiger partial charge >= 0.3 is 5.97 Å².